The lowest BCUT2D eigenvalue weighted by Crippen LogP contribution is -2.17. The monoisotopic (exact) mass is 316 g/mol. The molecule has 0 spiro atoms. The van der Waals surface area contributed by atoms with E-state index in [0.717, 1.165) is 16.4 Å². The second kappa shape index (κ2) is 4.68. The van der Waals surface area contributed by atoms with Crippen LogP contribution in [-0.2, 0) is 0 Å². The van der Waals surface area contributed by atoms with Crippen LogP contribution in [0.15, 0.2) is 23.3 Å². The van der Waals surface area contributed by atoms with Crippen molar-refractivity contribution in [3.8, 4) is 0 Å². The van der Waals surface area contributed by atoms with Gasteiger partial charge in [-0.15, -0.1) is 0 Å². The van der Waals surface area contributed by atoms with Crippen LogP contribution in [0, 0.1) is 5.92 Å². The molecule has 0 amide bonds. The van der Waals surface area contributed by atoms with Crippen molar-refractivity contribution in [2.24, 2.45) is 5.92 Å². The third-order valence-corrected chi connectivity index (χ3v) is 2.94. The number of alkyl halides is 4. The molecule has 0 bridgehead atoms. The Hall–Kier alpha value is -0.000000000000000111. The lowest BCUT2D eigenvalue weighted by Gasteiger charge is -2.22. The van der Waals surface area contributed by atoms with Gasteiger partial charge in [-0.05, 0) is 18.8 Å². The Bertz CT molecular complexity index is 263. The highest BCUT2D eigenvalue weighted by Gasteiger charge is 2.35. The van der Waals surface area contributed by atoms with Crippen LogP contribution in [0.4, 0.5) is 13.2 Å². The Kier molecular flexibility index (Phi) is 4.04. The van der Waals surface area contributed by atoms with Gasteiger partial charge in [-0.2, -0.15) is 13.2 Å². The van der Waals surface area contributed by atoms with Gasteiger partial charge in [-0.25, -0.2) is 0 Å². The smallest absolute Gasteiger partial charge is 0.166 e. The maximum Gasteiger partial charge on any atom is 0.412 e. The Morgan fingerprint density at radius 1 is 1.43 bits per heavy atom. The molecule has 14 heavy (non-hydrogen) atoms. The minimum atomic E-state index is -4.15. The normalized spacial score (nSPS) is 23.1. The number of halogens is 4. The van der Waals surface area contributed by atoms with Gasteiger partial charge >= 0.3 is 6.18 Å². The van der Waals surface area contributed by atoms with Crippen molar-refractivity contribution in [1.29, 1.82) is 0 Å². The van der Waals surface area contributed by atoms with Crippen LogP contribution in [0.1, 0.15) is 19.8 Å². The molecule has 1 unspecified atom stereocenters. The number of rotatable bonds is 2. The summed E-state index contributed by atoms with van der Waals surface area (Å²) in [6, 6.07) is 0. The number of hydrogen-bond acceptors (Lipinski definition) is 0. The van der Waals surface area contributed by atoms with Crippen LogP contribution in [0.25, 0.3) is 0 Å². The van der Waals surface area contributed by atoms with E-state index in [4.69, 9.17) is 0 Å². The van der Waals surface area contributed by atoms with E-state index in [1.807, 2.05) is 6.92 Å². The fourth-order valence-electron chi connectivity index (χ4n) is 1.55. The van der Waals surface area contributed by atoms with E-state index < -0.39 is 11.7 Å². The molecular formula is C10H12F3I. The van der Waals surface area contributed by atoms with Gasteiger partial charge in [0.2, 0.25) is 0 Å². The van der Waals surface area contributed by atoms with E-state index >= 15 is 0 Å². The highest BCUT2D eigenvalue weighted by atomic mass is 127. The van der Waals surface area contributed by atoms with E-state index in [0.29, 0.717) is 0 Å². The molecule has 0 fully saturated rings. The van der Waals surface area contributed by atoms with Crippen LogP contribution in [0.3, 0.4) is 0 Å². The molecule has 0 aromatic carbocycles. The van der Waals surface area contributed by atoms with E-state index in [9.17, 15) is 13.2 Å². The quantitative estimate of drug-likeness (QED) is 0.527. The van der Waals surface area contributed by atoms with Crippen LogP contribution >= 0.6 is 22.6 Å². The molecular weight excluding hydrogens is 304 g/mol. The van der Waals surface area contributed by atoms with Gasteiger partial charge in [0.25, 0.3) is 0 Å². The third kappa shape index (κ3) is 3.00. The van der Waals surface area contributed by atoms with Gasteiger partial charge in [-0.1, -0.05) is 47.2 Å². The summed E-state index contributed by atoms with van der Waals surface area (Å²) in [5.41, 5.74) is 0.731. The van der Waals surface area contributed by atoms with Crippen LogP contribution in [0.2, 0.25) is 0 Å². The molecule has 1 rings (SSSR count). The Labute approximate surface area is 95.4 Å². The molecule has 0 N–H and O–H groups in total. The van der Waals surface area contributed by atoms with Crippen molar-refractivity contribution >= 4 is 22.6 Å². The van der Waals surface area contributed by atoms with Gasteiger partial charge in [-0.3, -0.25) is 0 Å². The summed E-state index contributed by atoms with van der Waals surface area (Å²) < 4.78 is 37.9. The van der Waals surface area contributed by atoms with Gasteiger partial charge in [0.1, 0.15) is 0 Å². The third-order valence-electron chi connectivity index (χ3n) is 2.40. The van der Waals surface area contributed by atoms with Gasteiger partial charge < -0.3 is 0 Å². The minimum Gasteiger partial charge on any atom is -0.166 e. The van der Waals surface area contributed by atoms with E-state index in [1.54, 1.807) is 6.08 Å². The van der Waals surface area contributed by atoms with Crippen LogP contribution in [0.5, 0.6) is 0 Å². The Morgan fingerprint density at radius 3 is 2.50 bits per heavy atom. The van der Waals surface area contributed by atoms with Crippen molar-refractivity contribution in [2.75, 3.05) is 4.43 Å². The molecule has 0 aromatic heterocycles. The summed E-state index contributed by atoms with van der Waals surface area (Å²) in [6.45, 7) is 1.86. The molecule has 80 valence electrons. The van der Waals surface area contributed by atoms with Crippen molar-refractivity contribution < 1.29 is 13.2 Å². The maximum absolute atomic E-state index is 12.3. The first-order valence-electron chi connectivity index (χ1n) is 4.48. The molecule has 0 saturated carbocycles. The first kappa shape index (κ1) is 12.1. The lowest BCUT2D eigenvalue weighted by molar-refractivity contribution is -0.0950. The maximum atomic E-state index is 12.3. The summed E-state index contributed by atoms with van der Waals surface area (Å²) in [5, 5.41) is 0. The fourth-order valence-corrected chi connectivity index (χ4v) is 2.17. The standard InChI is InChI=1S/C10H12F3I/c1-7-6-9(10(11,12)13)3-2-8(7)4-5-14/h2-3,7H,4-6H2,1H3. The Balaban J connectivity index is 2.79. The van der Waals surface area contributed by atoms with Crippen LogP contribution in [-0.4, -0.2) is 10.6 Å². The predicted octanol–water partition coefficient (Wildman–Crippen LogP) is 4.27. The van der Waals surface area contributed by atoms with Crippen molar-refractivity contribution in [3.63, 3.8) is 0 Å². The highest BCUT2D eigenvalue weighted by Crippen LogP contribution is 2.36. The molecule has 1 aliphatic carbocycles. The first-order chi connectivity index (χ1) is 6.45. The summed E-state index contributed by atoms with van der Waals surface area (Å²) >= 11 is 2.24. The molecule has 0 heterocycles. The van der Waals surface area contributed by atoms with Crippen molar-refractivity contribution in [1.82, 2.24) is 0 Å². The summed E-state index contributed by atoms with van der Waals surface area (Å²) in [5.74, 6) is 0.0337. The summed E-state index contributed by atoms with van der Waals surface area (Å²) in [7, 11) is 0. The molecule has 0 nitrogen and oxygen atoms in total. The highest BCUT2D eigenvalue weighted by molar-refractivity contribution is 14.1. The minimum absolute atomic E-state index is 0.0337. The molecule has 0 aliphatic heterocycles. The van der Waals surface area contributed by atoms with Gasteiger partial charge in [0.15, 0.2) is 0 Å². The SMILES string of the molecule is CC1CC(C(F)(F)F)=CC=C1CCI. The average Bonchev–Trinajstić information content (AvgIpc) is 2.07. The van der Waals surface area contributed by atoms with Gasteiger partial charge in [0.05, 0.1) is 0 Å². The topological polar surface area (TPSA) is 0 Å². The molecule has 1 aliphatic rings. The summed E-state index contributed by atoms with van der Waals surface area (Å²) in [4.78, 5) is 0. The Morgan fingerprint density at radius 2 is 2.07 bits per heavy atom. The van der Waals surface area contributed by atoms with E-state index in [2.05, 4.69) is 22.6 Å². The molecule has 1 atom stereocenters. The van der Waals surface area contributed by atoms with Crippen LogP contribution < -0.4 is 0 Å². The number of allylic oxidation sites excluding steroid dienone is 4. The second-order valence-corrected chi connectivity index (χ2v) is 4.55. The van der Waals surface area contributed by atoms with E-state index in [-0.39, 0.29) is 12.3 Å². The predicted molar refractivity (Wildman–Crippen MR) is 59.5 cm³/mol. The molecule has 4 heteroatoms. The van der Waals surface area contributed by atoms with Crippen molar-refractivity contribution in [3.05, 3.63) is 23.3 Å². The molecule has 0 aromatic rings. The average molecular weight is 316 g/mol. The molecule has 0 saturated heterocycles. The summed E-state index contributed by atoms with van der Waals surface area (Å²) in [6.07, 6.45) is -0.271. The number of hydrogen-bond donors (Lipinski definition) is 0. The van der Waals surface area contributed by atoms with E-state index in [1.165, 1.54) is 6.08 Å². The first-order valence-corrected chi connectivity index (χ1v) is 6.00. The zero-order valence-corrected chi connectivity index (χ0v) is 10.0. The van der Waals surface area contributed by atoms with Gasteiger partial charge in [0, 0.05) is 10.0 Å². The second-order valence-electron chi connectivity index (χ2n) is 3.48. The largest absolute Gasteiger partial charge is 0.412 e. The molecule has 0 radical (unpaired) electrons. The zero-order valence-electron chi connectivity index (χ0n) is 7.87. The lowest BCUT2D eigenvalue weighted by atomic mass is 9.87. The fraction of sp³-hybridized carbons (Fsp3) is 0.600. The zero-order chi connectivity index (χ0) is 10.8. The van der Waals surface area contributed by atoms with Crippen molar-refractivity contribution in [2.45, 2.75) is 25.9 Å².